The highest BCUT2D eigenvalue weighted by atomic mass is 16.5. The van der Waals surface area contributed by atoms with Crippen molar-refractivity contribution < 1.29 is 9.53 Å². The molecule has 0 aliphatic carbocycles. The Hall–Kier alpha value is -2.70. The Morgan fingerprint density at radius 1 is 1.16 bits per heavy atom. The van der Waals surface area contributed by atoms with Gasteiger partial charge in [-0.2, -0.15) is 4.98 Å². The van der Waals surface area contributed by atoms with Crippen molar-refractivity contribution in [3.05, 3.63) is 41.9 Å². The average molecular weight is 341 g/mol. The zero-order valence-corrected chi connectivity index (χ0v) is 14.7. The van der Waals surface area contributed by atoms with Crippen molar-refractivity contribution in [1.29, 1.82) is 0 Å². The van der Waals surface area contributed by atoms with E-state index in [1.807, 2.05) is 30.9 Å². The normalized spacial score (nSPS) is 14.5. The predicted molar refractivity (Wildman–Crippen MR) is 94.7 cm³/mol. The Bertz CT molecular complexity index is 712. The molecule has 1 amide bonds. The van der Waals surface area contributed by atoms with E-state index in [1.165, 1.54) is 0 Å². The average Bonchev–Trinajstić information content (AvgIpc) is 2.64. The van der Waals surface area contributed by atoms with Crippen molar-refractivity contribution >= 4 is 11.9 Å². The van der Waals surface area contributed by atoms with Crippen LogP contribution in [0.25, 0.3) is 0 Å². The van der Waals surface area contributed by atoms with Gasteiger partial charge in [0, 0.05) is 50.3 Å². The second-order valence-corrected chi connectivity index (χ2v) is 5.98. The Morgan fingerprint density at radius 3 is 2.64 bits per heavy atom. The summed E-state index contributed by atoms with van der Waals surface area (Å²) in [4.78, 5) is 29.4. The topological polar surface area (TPSA) is 71.5 Å². The molecule has 0 radical (unpaired) electrons. The summed E-state index contributed by atoms with van der Waals surface area (Å²) >= 11 is 0. The van der Waals surface area contributed by atoms with E-state index < -0.39 is 0 Å². The summed E-state index contributed by atoms with van der Waals surface area (Å²) in [6, 6.07) is 5.65. The van der Waals surface area contributed by atoms with Gasteiger partial charge in [-0.3, -0.25) is 9.78 Å². The first kappa shape index (κ1) is 17.1. The number of rotatable bonds is 5. The van der Waals surface area contributed by atoms with E-state index in [2.05, 4.69) is 19.9 Å². The maximum absolute atomic E-state index is 12.5. The number of pyridine rings is 1. The van der Waals surface area contributed by atoms with E-state index in [9.17, 15) is 4.79 Å². The quantitative estimate of drug-likeness (QED) is 0.820. The summed E-state index contributed by atoms with van der Waals surface area (Å²) in [6.07, 6.45) is 3.87. The number of hydrogen-bond acceptors (Lipinski definition) is 6. The number of amides is 1. The summed E-state index contributed by atoms with van der Waals surface area (Å²) in [6.45, 7) is 7.21. The lowest BCUT2D eigenvalue weighted by atomic mass is 10.1. The lowest BCUT2D eigenvalue weighted by Crippen LogP contribution is -2.49. The van der Waals surface area contributed by atoms with Crippen LogP contribution >= 0.6 is 0 Å². The minimum absolute atomic E-state index is 0.134. The third kappa shape index (κ3) is 4.43. The van der Waals surface area contributed by atoms with E-state index in [0.29, 0.717) is 51.0 Å². The maximum atomic E-state index is 12.5. The zero-order valence-electron chi connectivity index (χ0n) is 14.7. The molecule has 0 N–H and O–H groups in total. The van der Waals surface area contributed by atoms with E-state index in [4.69, 9.17) is 4.74 Å². The van der Waals surface area contributed by atoms with Crippen LogP contribution in [0.3, 0.4) is 0 Å². The molecular weight excluding hydrogens is 318 g/mol. The number of ether oxygens (including phenoxy) is 1. The van der Waals surface area contributed by atoms with Gasteiger partial charge in [-0.1, -0.05) is 6.07 Å². The van der Waals surface area contributed by atoms with Gasteiger partial charge in [0.1, 0.15) is 0 Å². The molecule has 0 bridgehead atoms. The first-order valence-electron chi connectivity index (χ1n) is 8.56. The van der Waals surface area contributed by atoms with Crippen molar-refractivity contribution in [1.82, 2.24) is 19.9 Å². The molecule has 0 atom stereocenters. The molecule has 1 aliphatic heterocycles. The van der Waals surface area contributed by atoms with Crippen molar-refractivity contribution in [2.24, 2.45) is 0 Å². The van der Waals surface area contributed by atoms with Crippen LogP contribution in [0.5, 0.6) is 5.88 Å². The molecule has 7 heteroatoms. The highest BCUT2D eigenvalue weighted by Crippen LogP contribution is 2.15. The molecule has 0 spiro atoms. The molecule has 1 fully saturated rings. The Morgan fingerprint density at radius 2 is 1.96 bits per heavy atom. The maximum Gasteiger partial charge on any atom is 0.228 e. The second-order valence-electron chi connectivity index (χ2n) is 5.98. The van der Waals surface area contributed by atoms with Gasteiger partial charge in [-0.15, -0.1) is 0 Å². The summed E-state index contributed by atoms with van der Waals surface area (Å²) in [7, 11) is 0. The van der Waals surface area contributed by atoms with Gasteiger partial charge in [0.2, 0.25) is 17.7 Å². The van der Waals surface area contributed by atoms with Crippen LogP contribution in [0.1, 0.15) is 18.2 Å². The molecule has 2 aromatic heterocycles. The van der Waals surface area contributed by atoms with E-state index in [-0.39, 0.29) is 5.91 Å². The minimum Gasteiger partial charge on any atom is -0.478 e. The zero-order chi connectivity index (χ0) is 17.6. The number of aromatic nitrogens is 3. The van der Waals surface area contributed by atoms with Crippen LogP contribution in [0, 0.1) is 6.92 Å². The fraction of sp³-hybridized carbons (Fsp3) is 0.444. The highest BCUT2D eigenvalue weighted by Gasteiger charge is 2.23. The van der Waals surface area contributed by atoms with Gasteiger partial charge in [0.15, 0.2) is 0 Å². The summed E-state index contributed by atoms with van der Waals surface area (Å²) < 4.78 is 5.42. The lowest BCUT2D eigenvalue weighted by molar-refractivity contribution is -0.130. The third-order valence-corrected chi connectivity index (χ3v) is 4.15. The van der Waals surface area contributed by atoms with Gasteiger partial charge in [0.25, 0.3) is 0 Å². The molecule has 132 valence electrons. The van der Waals surface area contributed by atoms with Gasteiger partial charge in [-0.05, 0) is 25.5 Å². The molecule has 2 aromatic rings. The molecule has 0 unspecified atom stereocenters. The summed E-state index contributed by atoms with van der Waals surface area (Å²) in [5, 5.41) is 0. The monoisotopic (exact) mass is 341 g/mol. The van der Waals surface area contributed by atoms with Crippen LogP contribution in [0.4, 0.5) is 5.95 Å². The Kier molecular flexibility index (Phi) is 5.42. The fourth-order valence-corrected chi connectivity index (χ4v) is 2.76. The number of hydrogen-bond donors (Lipinski definition) is 0. The van der Waals surface area contributed by atoms with Gasteiger partial charge >= 0.3 is 0 Å². The van der Waals surface area contributed by atoms with Gasteiger partial charge in [0.05, 0.1) is 13.0 Å². The van der Waals surface area contributed by atoms with Gasteiger partial charge in [-0.25, -0.2) is 4.98 Å². The molecule has 3 heterocycles. The van der Waals surface area contributed by atoms with Crippen LogP contribution < -0.4 is 9.64 Å². The van der Waals surface area contributed by atoms with Crippen LogP contribution in [0.2, 0.25) is 0 Å². The molecule has 25 heavy (non-hydrogen) atoms. The van der Waals surface area contributed by atoms with E-state index >= 15 is 0 Å². The summed E-state index contributed by atoms with van der Waals surface area (Å²) in [5.74, 6) is 1.37. The fourth-order valence-electron chi connectivity index (χ4n) is 2.76. The molecule has 0 saturated carbocycles. The second kappa shape index (κ2) is 7.92. The molecule has 0 aromatic carbocycles. The molecule has 1 saturated heterocycles. The first-order valence-corrected chi connectivity index (χ1v) is 8.56. The lowest BCUT2D eigenvalue weighted by Gasteiger charge is -2.34. The van der Waals surface area contributed by atoms with Crippen LogP contribution in [0.15, 0.2) is 30.6 Å². The Balaban J connectivity index is 1.55. The highest BCUT2D eigenvalue weighted by molar-refractivity contribution is 5.79. The van der Waals surface area contributed by atoms with E-state index in [0.717, 1.165) is 11.3 Å². The standard InChI is InChI=1S/C18H23N5O2/c1-3-25-16-6-7-19-18(21-16)23-10-8-22(9-11-23)17(24)12-15-5-4-14(2)20-13-15/h4-7,13H,3,8-12H2,1-2H3. The van der Waals surface area contributed by atoms with Crippen LogP contribution in [-0.4, -0.2) is 58.5 Å². The van der Waals surface area contributed by atoms with E-state index in [1.54, 1.807) is 18.5 Å². The Labute approximate surface area is 147 Å². The number of nitrogens with zero attached hydrogens (tertiary/aromatic N) is 5. The van der Waals surface area contributed by atoms with Gasteiger partial charge < -0.3 is 14.5 Å². The van der Waals surface area contributed by atoms with Crippen molar-refractivity contribution in [2.75, 3.05) is 37.7 Å². The largest absolute Gasteiger partial charge is 0.478 e. The molecule has 7 nitrogen and oxygen atoms in total. The smallest absolute Gasteiger partial charge is 0.228 e. The predicted octanol–water partition coefficient (Wildman–Crippen LogP) is 1.47. The molecular formula is C18H23N5O2. The number of aryl methyl sites for hydroxylation is 1. The van der Waals surface area contributed by atoms with Crippen molar-refractivity contribution in [3.63, 3.8) is 0 Å². The number of piperazine rings is 1. The minimum atomic E-state index is 0.134. The SMILES string of the molecule is CCOc1ccnc(N2CCN(C(=O)Cc3ccc(C)nc3)CC2)n1. The number of anilines is 1. The van der Waals surface area contributed by atoms with Crippen molar-refractivity contribution in [2.45, 2.75) is 20.3 Å². The molecule has 1 aliphatic rings. The van der Waals surface area contributed by atoms with Crippen LogP contribution in [-0.2, 0) is 11.2 Å². The number of carbonyl (C=O) groups is 1. The summed E-state index contributed by atoms with van der Waals surface area (Å²) in [5.41, 5.74) is 1.91. The first-order chi connectivity index (χ1) is 12.2. The van der Waals surface area contributed by atoms with Crippen molar-refractivity contribution in [3.8, 4) is 5.88 Å². The molecule has 3 rings (SSSR count). The number of carbonyl (C=O) groups excluding carboxylic acids is 1. The third-order valence-electron chi connectivity index (χ3n) is 4.15.